The lowest BCUT2D eigenvalue weighted by molar-refractivity contribution is -0.124. The number of imide groups is 1. The number of carbonyl (C=O) groups is 2. The van der Waals surface area contributed by atoms with Gasteiger partial charge < -0.3 is 20.4 Å². The van der Waals surface area contributed by atoms with E-state index in [1.54, 1.807) is 7.05 Å². The van der Waals surface area contributed by atoms with Gasteiger partial charge in [0, 0.05) is 52.5 Å². The minimum atomic E-state index is -0.330. The second-order valence-electron chi connectivity index (χ2n) is 7.25. The van der Waals surface area contributed by atoms with Crippen molar-refractivity contribution in [3.8, 4) is 0 Å². The van der Waals surface area contributed by atoms with Crippen molar-refractivity contribution in [2.75, 3.05) is 51.7 Å². The van der Waals surface area contributed by atoms with Crippen LogP contribution >= 0.6 is 0 Å². The number of nitrogens with zero attached hydrogens (tertiary/aromatic N) is 4. The van der Waals surface area contributed by atoms with Gasteiger partial charge in [-0.1, -0.05) is 12.1 Å². The van der Waals surface area contributed by atoms with Crippen molar-refractivity contribution in [3.05, 3.63) is 29.8 Å². The van der Waals surface area contributed by atoms with Crippen LogP contribution in [0.15, 0.2) is 29.3 Å². The van der Waals surface area contributed by atoms with E-state index in [1.807, 2.05) is 11.9 Å². The minimum absolute atomic E-state index is 0.0842. The molecule has 2 aliphatic rings. The highest BCUT2D eigenvalue weighted by atomic mass is 16.2. The van der Waals surface area contributed by atoms with Crippen molar-refractivity contribution >= 4 is 23.6 Å². The Morgan fingerprint density at radius 2 is 1.89 bits per heavy atom. The van der Waals surface area contributed by atoms with Gasteiger partial charge in [0.1, 0.15) is 0 Å². The molecule has 0 radical (unpaired) electrons. The van der Waals surface area contributed by atoms with Gasteiger partial charge in [-0.2, -0.15) is 0 Å². The normalized spacial score (nSPS) is 17.7. The fourth-order valence-corrected chi connectivity index (χ4v) is 3.66. The molecule has 3 rings (SSSR count). The number of carbonyl (C=O) groups excluding carboxylic acids is 2. The lowest BCUT2D eigenvalue weighted by atomic mass is 10.1. The Bertz CT molecular complexity index is 696. The van der Waals surface area contributed by atoms with E-state index in [0.29, 0.717) is 13.1 Å². The molecule has 0 bridgehead atoms. The topological polar surface area (TPSA) is 80.3 Å². The molecule has 2 aliphatic heterocycles. The number of hydrogen-bond donors (Lipinski definition) is 2. The van der Waals surface area contributed by atoms with Gasteiger partial charge in [-0.15, -0.1) is 0 Å². The van der Waals surface area contributed by atoms with Gasteiger partial charge in [0.05, 0.1) is 6.54 Å². The first-order valence-electron chi connectivity index (χ1n) is 9.92. The summed E-state index contributed by atoms with van der Waals surface area (Å²) >= 11 is 0. The summed E-state index contributed by atoms with van der Waals surface area (Å²) in [7, 11) is 3.70. The molecule has 8 heteroatoms. The van der Waals surface area contributed by atoms with Crippen LogP contribution in [0.2, 0.25) is 0 Å². The number of guanidine groups is 1. The van der Waals surface area contributed by atoms with Gasteiger partial charge in [0.2, 0.25) is 5.91 Å². The van der Waals surface area contributed by atoms with Gasteiger partial charge >= 0.3 is 6.03 Å². The Hall–Kier alpha value is -2.77. The maximum atomic E-state index is 11.6. The van der Waals surface area contributed by atoms with Crippen LogP contribution in [0.4, 0.5) is 10.5 Å². The smallest absolute Gasteiger partial charge is 0.324 e. The summed E-state index contributed by atoms with van der Waals surface area (Å²) in [5.74, 6) is 0.538. The number of hydrogen-bond acceptors (Lipinski definition) is 4. The van der Waals surface area contributed by atoms with Crippen molar-refractivity contribution in [1.29, 1.82) is 0 Å². The van der Waals surface area contributed by atoms with E-state index in [-0.39, 0.29) is 18.5 Å². The summed E-state index contributed by atoms with van der Waals surface area (Å²) in [6, 6.07) is 8.40. The largest absolute Gasteiger partial charge is 0.372 e. The lowest BCUT2D eigenvalue weighted by Crippen LogP contribution is -2.43. The number of urea groups is 1. The van der Waals surface area contributed by atoms with E-state index in [0.717, 1.165) is 25.6 Å². The summed E-state index contributed by atoms with van der Waals surface area (Å²) < 4.78 is 0. The van der Waals surface area contributed by atoms with E-state index >= 15 is 0 Å². The molecule has 0 unspecified atom stereocenters. The van der Waals surface area contributed by atoms with Gasteiger partial charge in [-0.05, 0) is 37.0 Å². The van der Waals surface area contributed by atoms with Crippen molar-refractivity contribution in [2.45, 2.75) is 25.8 Å². The first kappa shape index (κ1) is 20.0. The predicted octanol–water partition coefficient (Wildman–Crippen LogP) is 1.24. The first-order chi connectivity index (χ1) is 13.6. The van der Waals surface area contributed by atoms with E-state index in [1.165, 1.54) is 35.4 Å². The third-order valence-electron chi connectivity index (χ3n) is 5.21. The maximum absolute atomic E-state index is 11.6. The molecule has 0 saturated carbocycles. The summed E-state index contributed by atoms with van der Waals surface area (Å²) in [4.78, 5) is 33.2. The molecular weight excluding hydrogens is 356 g/mol. The molecule has 1 aromatic rings. The van der Waals surface area contributed by atoms with E-state index < -0.39 is 0 Å². The molecular formula is C20H30N6O2. The Kier molecular flexibility index (Phi) is 6.73. The third-order valence-corrected chi connectivity index (χ3v) is 5.21. The van der Waals surface area contributed by atoms with Crippen LogP contribution in [-0.2, 0) is 11.3 Å². The van der Waals surface area contributed by atoms with Gasteiger partial charge in [-0.25, -0.2) is 4.79 Å². The van der Waals surface area contributed by atoms with Crippen LogP contribution in [0.1, 0.15) is 24.8 Å². The zero-order valence-electron chi connectivity index (χ0n) is 16.8. The number of benzene rings is 1. The third kappa shape index (κ3) is 4.94. The van der Waals surface area contributed by atoms with Crippen molar-refractivity contribution in [1.82, 2.24) is 20.4 Å². The second kappa shape index (κ2) is 9.43. The Morgan fingerprint density at radius 1 is 1.18 bits per heavy atom. The molecule has 0 atom stereocenters. The molecule has 2 N–H and O–H groups in total. The fourth-order valence-electron chi connectivity index (χ4n) is 3.66. The second-order valence-corrected chi connectivity index (χ2v) is 7.25. The number of amides is 3. The first-order valence-corrected chi connectivity index (χ1v) is 9.92. The summed E-state index contributed by atoms with van der Waals surface area (Å²) in [6.07, 6.45) is 3.89. The zero-order chi connectivity index (χ0) is 19.9. The Labute approximate surface area is 166 Å². The molecule has 0 spiro atoms. The molecule has 28 heavy (non-hydrogen) atoms. The van der Waals surface area contributed by atoms with Crippen molar-refractivity contribution in [2.24, 2.45) is 4.99 Å². The molecule has 3 amide bonds. The van der Waals surface area contributed by atoms with Crippen LogP contribution in [-0.4, -0.2) is 74.5 Å². The van der Waals surface area contributed by atoms with E-state index in [9.17, 15) is 9.59 Å². The standard InChI is InChI=1S/C20H30N6O2/c1-21-19(22-10-13-26-18(27)14-23-20(26)28)24(2)15-16-6-8-17(9-7-16)25-11-4-3-5-12-25/h6-9H,3-5,10-15H2,1-2H3,(H,21,22)(H,23,28). The molecule has 0 aliphatic carbocycles. The summed E-state index contributed by atoms with van der Waals surface area (Å²) in [5, 5.41) is 5.73. The van der Waals surface area contributed by atoms with E-state index in [2.05, 4.69) is 44.8 Å². The maximum Gasteiger partial charge on any atom is 0.324 e. The van der Waals surface area contributed by atoms with Gasteiger partial charge in [-0.3, -0.25) is 14.7 Å². The highest BCUT2D eigenvalue weighted by Gasteiger charge is 2.27. The van der Waals surface area contributed by atoms with Crippen LogP contribution in [0, 0.1) is 0 Å². The van der Waals surface area contributed by atoms with Crippen molar-refractivity contribution in [3.63, 3.8) is 0 Å². The Balaban J connectivity index is 1.48. The zero-order valence-corrected chi connectivity index (χ0v) is 16.8. The molecule has 152 valence electrons. The molecule has 2 saturated heterocycles. The monoisotopic (exact) mass is 386 g/mol. The summed E-state index contributed by atoms with van der Waals surface area (Å²) in [6.45, 7) is 3.89. The lowest BCUT2D eigenvalue weighted by Gasteiger charge is -2.29. The average Bonchev–Trinajstić information content (AvgIpc) is 3.04. The highest BCUT2D eigenvalue weighted by molar-refractivity contribution is 6.01. The number of aliphatic imine (C=N–C) groups is 1. The average molecular weight is 387 g/mol. The fraction of sp³-hybridized carbons (Fsp3) is 0.550. The number of nitrogens with one attached hydrogen (secondary N) is 2. The van der Waals surface area contributed by atoms with Gasteiger partial charge in [0.15, 0.2) is 5.96 Å². The van der Waals surface area contributed by atoms with Gasteiger partial charge in [0.25, 0.3) is 0 Å². The Morgan fingerprint density at radius 3 is 2.50 bits per heavy atom. The molecule has 1 aromatic carbocycles. The van der Waals surface area contributed by atoms with E-state index in [4.69, 9.17) is 0 Å². The van der Waals surface area contributed by atoms with Crippen LogP contribution in [0.5, 0.6) is 0 Å². The van der Waals surface area contributed by atoms with Crippen LogP contribution in [0.25, 0.3) is 0 Å². The quantitative estimate of drug-likeness (QED) is 0.437. The van der Waals surface area contributed by atoms with Crippen LogP contribution < -0.4 is 15.5 Å². The number of piperidine rings is 1. The predicted molar refractivity (Wildman–Crippen MR) is 110 cm³/mol. The minimum Gasteiger partial charge on any atom is -0.372 e. The molecule has 2 heterocycles. The molecule has 0 aromatic heterocycles. The number of rotatable bonds is 6. The SMILES string of the molecule is CN=C(NCCN1C(=O)CNC1=O)N(C)Cc1ccc(N2CCCCC2)cc1. The molecule has 2 fully saturated rings. The summed E-state index contributed by atoms with van der Waals surface area (Å²) in [5.41, 5.74) is 2.50. The van der Waals surface area contributed by atoms with Crippen LogP contribution in [0.3, 0.4) is 0 Å². The van der Waals surface area contributed by atoms with Crippen molar-refractivity contribution < 1.29 is 9.59 Å². The number of anilines is 1. The highest BCUT2D eigenvalue weighted by Crippen LogP contribution is 2.20. The molecule has 8 nitrogen and oxygen atoms in total.